The molecule has 0 spiro atoms. The van der Waals surface area contributed by atoms with Crippen LogP contribution in [0.25, 0.3) is 0 Å². The summed E-state index contributed by atoms with van der Waals surface area (Å²) < 4.78 is 0. The Hall–Kier alpha value is -2.64. The molecule has 0 radical (unpaired) electrons. The fourth-order valence-electron chi connectivity index (χ4n) is 3.05. The Morgan fingerprint density at radius 1 is 1.21 bits per heavy atom. The fraction of sp³-hybridized carbons (Fsp3) is 0.500. The van der Waals surface area contributed by atoms with E-state index in [9.17, 15) is 24.8 Å². The number of carboxylic acids is 1. The summed E-state index contributed by atoms with van der Waals surface area (Å²) in [7, 11) is 0. The van der Waals surface area contributed by atoms with Gasteiger partial charge < -0.3 is 16.2 Å². The first-order valence-corrected chi connectivity index (χ1v) is 7.97. The number of anilines is 1. The van der Waals surface area contributed by atoms with Crippen LogP contribution in [-0.4, -0.2) is 27.9 Å². The van der Waals surface area contributed by atoms with Crippen LogP contribution in [0.5, 0.6) is 0 Å². The second-order valence-corrected chi connectivity index (χ2v) is 6.05. The zero-order chi connectivity index (χ0) is 17.7. The normalized spacial score (nSPS) is 21.3. The number of hydrogen-bond acceptors (Lipinski definition) is 5. The van der Waals surface area contributed by atoms with E-state index < -0.39 is 28.8 Å². The van der Waals surface area contributed by atoms with E-state index >= 15 is 0 Å². The molecule has 1 aromatic rings. The minimum absolute atomic E-state index is 0.0223. The molecule has 4 N–H and O–H groups in total. The number of carboxylic acid groups (broad SMARTS) is 1. The summed E-state index contributed by atoms with van der Waals surface area (Å²) in [6.45, 7) is 0. The van der Waals surface area contributed by atoms with Gasteiger partial charge in [0.2, 0.25) is 0 Å². The van der Waals surface area contributed by atoms with Gasteiger partial charge in [0.25, 0.3) is 11.6 Å². The van der Waals surface area contributed by atoms with Crippen LogP contribution in [-0.2, 0) is 4.79 Å². The molecule has 1 amide bonds. The number of nitro benzene ring substituents is 1. The molecule has 8 nitrogen and oxygen atoms in total. The fourth-order valence-corrected chi connectivity index (χ4v) is 3.05. The molecular weight excluding hydrogens is 314 g/mol. The number of nitro groups is 1. The predicted octanol–water partition coefficient (Wildman–Crippen LogP) is 2.33. The number of amides is 1. The number of aliphatic carboxylic acids is 1. The first-order chi connectivity index (χ1) is 11.4. The second-order valence-electron chi connectivity index (χ2n) is 6.05. The highest BCUT2D eigenvalue weighted by molar-refractivity contribution is 5.96. The standard InChI is InChI=1S/C16H21N3O5/c17-12-8-7-10(9-14(12)19(23)24)15(20)18-13-6-4-2-1-3-5-11(13)16(21)22/h7-9,11,13H,1-6,17H2,(H,18,20)(H,21,22). The van der Waals surface area contributed by atoms with Gasteiger partial charge in [-0.15, -0.1) is 0 Å². The first kappa shape index (κ1) is 17.7. The lowest BCUT2D eigenvalue weighted by Gasteiger charge is -2.27. The van der Waals surface area contributed by atoms with E-state index in [0.717, 1.165) is 31.7 Å². The van der Waals surface area contributed by atoms with Gasteiger partial charge in [-0.3, -0.25) is 19.7 Å². The molecule has 2 rings (SSSR count). The van der Waals surface area contributed by atoms with Gasteiger partial charge >= 0.3 is 5.97 Å². The number of nitrogens with zero attached hydrogens (tertiary/aromatic N) is 1. The van der Waals surface area contributed by atoms with Crippen molar-refractivity contribution in [3.05, 3.63) is 33.9 Å². The molecule has 1 aliphatic rings. The maximum Gasteiger partial charge on any atom is 0.308 e. The third-order valence-corrected chi connectivity index (χ3v) is 4.39. The van der Waals surface area contributed by atoms with Gasteiger partial charge in [-0.1, -0.05) is 25.7 Å². The van der Waals surface area contributed by atoms with Crippen LogP contribution >= 0.6 is 0 Å². The van der Waals surface area contributed by atoms with E-state index in [0.29, 0.717) is 12.8 Å². The SMILES string of the molecule is Nc1ccc(C(=O)NC2CCCCCCC2C(=O)O)cc1[N+](=O)[O-]. The lowest BCUT2D eigenvalue weighted by atomic mass is 9.86. The van der Waals surface area contributed by atoms with Gasteiger partial charge in [-0.25, -0.2) is 0 Å². The topological polar surface area (TPSA) is 136 Å². The van der Waals surface area contributed by atoms with Crippen LogP contribution in [0, 0.1) is 16.0 Å². The van der Waals surface area contributed by atoms with Crippen molar-refractivity contribution in [2.45, 2.75) is 44.6 Å². The van der Waals surface area contributed by atoms with E-state index in [1.54, 1.807) is 0 Å². The molecule has 1 saturated carbocycles. The van der Waals surface area contributed by atoms with E-state index in [1.807, 2.05) is 0 Å². The quantitative estimate of drug-likeness (QED) is 0.439. The Balaban J connectivity index is 2.18. The Morgan fingerprint density at radius 2 is 1.88 bits per heavy atom. The van der Waals surface area contributed by atoms with Crippen molar-refractivity contribution in [2.75, 3.05) is 5.73 Å². The Labute approximate surface area is 139 Å². The summed E-state index contributed by atoms with van der Waals surface area (Å²) in [6.07, 6.45) is 4.76. The van der Waals surface area contributed by atoms with Gasteiger partial charge in [0.15, 0.2) is 0 Å². The first-order valence-electron chi connectivity index (χ1n) is 7.97. The van der Waals surface area contributed by atoms with Crippen molar-refractivity contribution in [2.24, 2.45) is 5.92 Å². The summed E-state index contributed by atoms with van der Waals surface area (Å²) >= 11 is 0. The Kier molecular flexibility index (Phi) is 5.73. The van der Waals surface area contributed by atoms with Crippen LogP contribution in [0.4, 0.5) is 11.4 Å². The lowest BCUT2D eigenvalue weighted by molar-refractivity contribution is -0.383. The molecule has 0 aliphatic heterocycles. The van der Waals surface area contributed by atoms with E-state index in [2.05, 4.69) is 5.32 Å². The molecule has 0 saturated heterocycles. The van der Waals surface area contributed by atoms with Crippen LogP contribution in [0.15, 0.2) is 18.2 Å². The summed E-state index contributed by atoms with van der Waals surface area (Å²) in [6, 6.07) is 3.34. The van der Waals surface area contributed by atoms with E-state index in [4.69, 9.17) is 5.73 Å². The Morgan fingerprint density at radius 3 is 2.50 bits per heavy atom. The van der Waals surface area contributed by atoms with Crippen molar-refractivity contribution >= 4 is 23.3 Å². The van der Waals surface area contributed by atoms with Gasteiger partial charge in [0, 0.05) is 17.7 Å². The predicted molar refractivity (Wildman–Crippen MR) is 87.6 cm³/mol. The van der Waals surface area contributed by atoms with Crippen LogP contribution in [0.1, 0.15) is 48.9 Å². The highest BCUT2D eigenvalue weighted by Crippen LogP contribution is 2.25. The molecule has 1 aliphatic carbocycles. The van der Waals surface area contributed by atoms with Crippen molar-refractivity contribution in [1.82, 2.24) is 5.32 Å². The number of carbonyl (C=O) groups excluding carboxylic acids is 1. The number of nitrogens with two attached hydrogens (primary N) is 1. The molecule has 130 valence electrons. The maximum absolute atomic E-state index is 12.4. The number of hydrogen-bond donors (Lipinski definition) is 3. The van der Waals surface area contributed by atoms with Crippen LogP contribution in [0.3, 0.4) is 0 Å². The molecule has 1 aromatic carbocycles. The summed E-state index contributed by atoms with van der Waals surface area (Å²) in [5, 5.41) is 23.1. The summed E-state index contributed by atoms with van der Waals surface area (Å²) in [4.78, 5) is 34.2. The zero-order valence-corrected chi connectivity index (χ0v) is 13.2. The number of carbonyl (C=O) groups is 2. The third-order valence-electron chi connectivity index (χ3n) is 4.39. The van der Waals surface area contributed by atoms with Gasteiger partial charge in [0.1, 0.15) is 5.69 Å². The lowest BCUT2D eigenvalue weighted by Crippen LogP contribution is -2.43. The molecule has 24 heavy (non-hydrogen) atoms. The number of nitrogens with one attached hydrogen (secondary N) is 1. The molecule has 0 bridgehead atoms. The molecule has 8 heteroatoms. The third kappa shape index (κ3) is 4.21. The van der Waals surface area contributed by atoms with Gasteiger partial charge in [-0.2, -0.15) is 0 Å². The summed E-state index contributed by atoms with van der Waals surface area (Å²) in [5.41, 5.74) is 5.26. The van der Waals surface area contributed by atoms with Crippen molar-refractivity contribution in [3.63, 3.8) is 0 Å². The molecule has 2 atom stereocenters. The minimum atomic E-state index is -0.925. The van der Waals surface area contributed by atoms with Crippen LogP contribution < -0.4 is 11.1 Å². The average Bonchev–Trinajstić information content (AvgIpc) is 2.49. The van der Waals surface area contributed by atoms with Crippen molar-refractivity contribution in [3.8, 4) is 0 Å². The number of rotatable bonds is 4. The minimum Gasteiger partial charge on any atom is -0.481 e. The smallest absolute Gasteiger partial charge is 0.308 e. The summed E-state index contributed by atoms with van der Waals surface area (Å²) in [5.74, 6) is -2.08. The van der Waals surface area contributed by atoms with Gasteiger partial charge in [0.05, 0.1) is 10.8 Å². The van der Waals surface area contributed by atoms with Gasteiger partial charge in [-0.05, 0) is 25.0 Å². The Bertz CT molecular complexity index is 647. The molecule has 2 unspecified atom stereocenters. The van der Waals surface area contributed by atoms with Crippen LogP contribution in [0.2, 0.25) is 0 Å². The molecule has 0 aromatic heterocycles. The maximum atomic E-state index is 12.4. The van der Waals surface area contributed by atoms with E-state index in [1.165, 1.54) is 12.1 Å². The monoisotopic (exact) mass is 335 g/mol. The average molecular weight is 335 g/mol. The highest BCUT2D eigenvalue weighted by Gasteiger charge is 2.30. The second kappa shape index (κ2) is 7.76. The molecule has 0 heterocycles. The molecule has 1 fully saturated rings. The zero-order valence-electron chi connectivity index (χ0n) is 13.2. The van der Waals surface area contributed by atoms with Crippen molar-refractivity contribution in [1.29, 1.82) is 0 Å². The number of nitrogen functional groups attached to an aromatic ring is 1. The highest BCUT2D eigenvalue weighted by atomic mass is 16.6. The van der Waals surface area contributed by atoms with E-state index in [-0.39, 0.29) is 16.9 Å². The van der Waals surface area contributed by atoms with Crippen molar-refractivity contribution < 1.29 is 19.6 Å². The largest absolute Gasteiger partial charge is 0.481 e. The molecular formula is C16H21N3O5. The number of benzene rings is 1.